The van der Waals surface area contributed by atoms with Crippen LogP contribution in [0.1, 0.15) is 15.9 Å². The molecule has 102 valence electrons. The van der Waals surface area contributed by atoms with Crippen molar-refractivity contribution in [1.29, 1.82) is 0 Å². The van der Waals surface area contributed by atoms with E-state index in [-0.39, 0.29) is 21.9 Å². The molecule has 1 fully saturated rings. The number of furan rings is 1. The molecular weight excluding hydrogens is 281 g/mol. The highest BCUT2D eigenvalue weighted by atomic mass is 32.2. The van der Waals surface area contributed by atoms with Crippen LogP contribution in [0.4, 0.5) is 14.9 Å². The third kappa shape index (κ3) is 1.76. The lowest BCUT2D eigenvalue weighted by Crippen LogP contribution is -2.21. The number of hydrogen-bond donors (Lipinski definition) is 0. The minimum atomic E-state index is -0.575. The third-order valence-electron chi connectivity index (χ3n) is 3.27. The molecule has 1 amide bonds. The quantitative estimate of drug-likeness (QED) is 0.788. The first-order valence-corrected chi connectivity index (χ1v) is 6.67. The summed E-state index contributed by atoms with van der Waals surface area (Å²) in [5.74, 6) is -0.575. The van der Waals surface area contributed by atoms with Crippen molar-refractivity contribution in [3.63, 3.8) is 0 Å². The number of thioether (sulfide) groups is 1. The summed E-state index contributed by atoms with van der Waals surface area (Å²) in [7, 11) is 0. The molecule has 20 heavy (non-hydrogen) atoms. The lowest BCUT2D eigenvalue weighted by molar-refractivity contribution is 0.112. The molecule has 0 spiro atoms. The van der Waals surface area contributed by atoms with Gasteiger partial charge in [-0.05, 0) is 30.3 Å². The number of carbonyl (C=O) groups excluding carboxylic acids is 2. The number of hydrogen-bond acceptors (Lipinski definition) is 4. The molecule has 4 nitrogen and oxygen atoms in total. The van der Waals surface area contributed by atoms with Crippen LogP contribution in [0, 0.1) is 12.7 Å². The molecule has 3 rings (SSSR count). The lowest BCUT2D eigenvalue weighted by Gasteiger charge is -2.12. The van der Waals surface area contributed by atoms with Gasteiger partial charge in [0.25, 0.3) is 5.24 Å². The molecule has 1 aromatic heterocycles. The molecule has 0 bridgehead atoms. The van der Waals surface area contributed by atoms with Crippen LogP contribution in [0.3, 0.4) is 0 Å². The minimum absolute atomic E-state index is 0.0541. The molecule has 6 heteroatoms. The second-order valence-corrected chi connectivity index (χ2v) is 5.64. The molecule has 0 atom stereocenters. The van der Waals surface area contributed by atoms with Crippen molar-refractivity contribution in [3.8, 4) is 0 Å². The van der Waals surface area contributed by atoms with Crippen LogP contribution < -0.4 is 4.90 Å². The van der Waals surface area contributed by atoms with Crippen molar-refractivity contribution in [2.24, 2.45) is 0 Å². The number of amides is 1. The van der Waals surface area contributed by atoms with E-state index in [1.165, 1.54) is 18.1 Å². The standard InChI is InChI=1S/C14H10FNO3S/c1-7-4-16(14(18)20-7)11-6-19-13-10(11)3-9(5-17)8(2)12(13)15/h3,5-6H,1,4H2,2H3. The average Bonchev–Trinajstić information content (AvgIpc) is 2.96. The summed E-state index contributed by atoms with van der Waals surface area (Å²) >= 11 is 1.04. The van der Waals surface area contributed by atoms with Gasteiger partial charge in [0.05, 0.1) is 12.2 Å². The minimum Gasteiger partial charge on any atom is -0.459 e. The van der Waals surface area contributed by atoms with Crippen LogP contribution in [0.2, 0.25) is 0 Å². The van der Waals surface area contributed by atoms with E-state index in [1.54, 1.807) is 6.07 Å². The average molecular weight is 291 g/mol. The molecule has 0 saturated carbocycles. The Labute approximate surface area is 118 Å². The molecule has 2 aromatic rings. The predicted octanol–water partition coefficient (Wildman–Crippen LogP) is 3.88. The second-order valence-electron chi connectivity index (χ2n) is 4.51. The second kappa shape index (κ2) is 4.49. The Kier molecular flexibility index (Phi) is 2.90. The van der Waals surface area contributed by atoms with Gasteiger partial charge in [-0.3, -0.25) is 14.5 Å². The fourth-order valence-corrected chi connectivity index (χ4v) is 2.91. The molecule has 0 radical (unpaired) electrons. The summed E-state index contributed by atoms with van der Waals surface area (Å²) < 4.78 is 19.4. The fourth-order valence-electron chi connectivity index (χ4n) is 2.19. The van der Waals surface area contributed by atoms with E-state index in [2.05, 4.69) is 6.58 Å². The zero-order valence-corrected chi connectivity index (χ0v) is 11.4. The van der Waals surface area contributed by atoms with E-state index in [0.29, 0.717) is 28.8 Å². The summed E-state index contributed by atoms with van der Waals surface area (Å²) in [4.78, 5) is 25.0. The van der Waals surface area contributed by atoms with Crippen molar-refractivity contribution in [2.75, 3.05) is 11.4 Å². The third-order valence-corrected chi connectivity index (χ3v) is 4.09. The normalized spacial score (nSPS) is 15.4. The maximum absolute atomic E-state index is 14.1. The number of fused-ring (bicyclic) bond motifs is 1. The number of rotatable bonds is 2. The van der Waals surface area contributed by atoms with Gasteiger partial charge in [0, 0.05) is 15.9 Å². The zero-order valence-electron chi connectivity index (χ0n) is 10.6. The maximum Gasteiger partial charge on any atom is 0.291 e. The van der Waals surface area contributed by atoms with Crippen molar-refractivity contribution in [2.45, 2.75) is 6.92 Å². The van der Waals surface area contributed by atoms with E-state index in [0.717, 1.165) is 11.8 Å². The van der Waals surface area contributed by atoms with Crippen molar-refractivity contribution in [3.05, 3.63) is 40.8 Å². The van der Waals surface area contributed by atoms with Gasteiger partial charge in [-0.25, -0.2) is 4.39 Å². The first kappa shape index (κ1) is 12.9. The van der Waals surface area contributed by atoms with E-state index in [1.807, 2.05) is 0 Å². The summed E-state index contributed by atoms with van der Waals surface area (Å²) in [6, 6.07) is 1.54. The number of benzene rings is 1. The Morgan fingerprint density at radius 2 is 2.30 bits per heavy atom. The van der Waals surface area contributed by atoms with Gasteiger partial charge in [0.1, 0.15) is 12.5 Å². The highest BCUT2D eigenvalue weighted by Gasteiger charge is 2.29. The van der Waals surface area contributed by atoms with Crippen molar-refractivity contribution in [1.82, 2.24) is 0 Å². The molecule has 1 aliphatic rings. The van der Waals surface area contributed by atoms with Crippen LogP contribution in [-0.2, 0) is 0 Å². The Bertz CT molecular complexity index is 765. The molecule has 0 unspecified atom stereocenters. The number of halogens is 1. The molecule has 1 saturated heterocycles. The summed E-state index contributed by atoms with van der Waals surface area (Å²) in [6.45, 7) is 5.61. The molecule has 0 aliphatic carbocycles. The van der Waals surface area contributed by atoms with Gasteiger partial charge in [0.15, 0.2) is 11.4 Å². The Hall–Kier alpha value is -2.08. The fraction of sp³-hybridized carbons (Fsp3) is 0.143. The smallest absolute Gasteiger partial charge is 0.291 e. The first-order chi connectivity index (χ1) is 9.52. The number of anilines is 1. The molecular formula is C14H10FNO3S. The van der Waals surface area contributed by atoms with Crippen LogP contribution in [0.25, 0.3) is 11.0 Å². The lowest BCUT2D eigenvalue weighted by atomic mass is 10.1. The molecule has 1 aromatic carbocycles. The van der Waals surface area contributed by atoms with Crippen molar-refractivity contribution >= 4 is 39.9 Å². The first-order valence-electron chi connectivity index (χ1n) is 5.85. The van der Waals surface area contributed by atoms with Gasteiger partial charge in [-0.1, -0.05) is 6.58 Å². The Morgan fingerprint density at radius 3 is 2.90 bits per heavy atom. The van der Waals surface area contributed by atoms with E-state index in [9.17, 15) is 14.0 Å². The Balaban J connectivity index is 2.23. The van der Waals surface area contributed by atoms with Crippen molar-refractivity contribution < 1.29 is 18.4 Å². The SMILES string of the molecule is C=C1CN(c2coc3c(F)c(C)c(C=O)cc23)C(=O)S1. The van der Waals surface area contributed by atoms with Gasteiger partial charge in [-0.2, -0.15) is 0 Å². The van der Waals surface area contributed by atoms with Gasteiger partial charge in [-0.15, -0.1) is 0 Å². The predicted molar refractivity (Wildman–Crippen MR) is 75.8 cm³/mol. The summed E-state index contributed by atoms with van der Waals surface area (Å²) in [5, 5.41) is 0.227. The van der Waals surface area contributed by atoms with E-state index in [4.69, 9.17) is 4.42 Å². The van der Waals surface area contributed by atoms with Gasteiger partial charge >= 0.3 is 0 Å². The van der Waals surface area contributed by atoms with Crippen LogP contribution in [-0.4, -0.2) is 18.1 Å². The Morgan fingerprint density at radius 1 is 1.55 bits per heavy atom. The zero-order chi connectivity index (χ0) is 14.4. The number of carbonyl (C=O) groups is 2. The van der Waals surface area contributed by atoms with E-state index >= 15 is 0 Å². The summed E-state index contributed by atoms with van der Waals surface area (Å²) in [6.07, 6.45) is 1.92. The van der Waals surface area contributed by atoms with E-state index < -0.39 is 5.82 Å². The summed E-state index contributed by atoms with van der Waals surface area (Å²) in [5.41, 5.74) is 0.993. The van der Waals surface area contributed by atoms with Crippen LogP contribution in [0.15, 0.2) is 28.2 Å². The van der Waals surface area contributed by atoms with Crippen LogP contribution >= 0.6 is 11.8 Å². The number of aldehydes is 1. The molecule has 2 heterocycles. The largest absolute Gasteiger partial charge is 0.459 e. The van der Waals surface area contributed by atoms with Crippen LogP contribution in [0.5, 0.6) is 0 Å². The topological polar surface area (TPSA) is 50.5 Å². The van der Waals surface area contributed by atoms with Gasteiger partial charge < -0.3 is 4.42 Å². The number of nitrogens with zero attached hydrogens (tertiary/aromatic N) is 1. The molecule has 0 N–H and O–H groups in total. The van der Waals surface area contributed by atoms with Gasteiger partial charge in [0.2, 0.25) is 0 Å². The highest BCUT2D eigenvalue weighted by molar-refractivity contribution is 8.17. The maximum atomic E-state index is 14.1. The highest BCUT2D eigenvalue weighted by Crippen LogP contribution is 2.38. The molecule has 1 aliphatic heterocycles. The monoisotopic (exact) mass is 291 g/mol.